The molecule has 0 saturated heterocycles. The van der Waals surface area contributed by atoms with Gasteiger partial charge in [0, 0.05) is 37.3 Å². The van der Waals surface area contributed by atoms with Crippen LogP contribution in [0.25, 0.3) is 0 Å². The van der Waals surface area contributed by atoms with E-state index in [9.17, 15) is 4.79 Å². The van der Waals surface area contributed by atoms with Crippen LogP contribution in [0.15, 0.2) is 22.7 Å². The Morgan fingerprint density at radius 3 is 2.58 bits per heavy atom. The minimum atomic E-state index is 0.0939. The van der Waals surface area contributed by atoms with Crippen molar-refractivity contribution in [1.82, 2.24) is 4.90 Å². The topological polar surface area (TPSA) is 49.6 Å². The monoisotopic (exact) mass is 327 g/mol. The standard InChI is InChI=1S/C14H22BrN3O/c1-4-7-18(10-14(19)17(2)3)13-8-12(15)6-5-11(13)9-16/h5-6,8H,4,7,9-10,16H2,1-3H3. The number of nitrogens with two attached hydrogens (primary N) is 1. The SMILES string of the molecule is CCCN(CC(=O)N(C)C)c1cc(Br)ccc1CN. The molecule has 0 bridgehead atoms. The largest absolute Gasteiger partial charge is 0.362 e. The number of carbonyl (C=O) groups is 1. The minimum absolute atomic E-state index is 0.0939. The molecule has 0 atom stereocenters. The van der Waals surface area contributed by atoms with Crippen molar-refractivity contribution in [3.05, 3.63) is 28.2 Å². The maximum absolute atomic E-state index is 11.9. The molecule has 2 N–H and O–H groups in total. The van der Waals surface area contributed by atoms with Crippen molar-refractivity contribution >= 4 is 27.5 Å². The molecule has 0 heterocycles. The Labute approximate surface area is 123 Å². The molecule has 0 aliphatic heterocycles. The van der Waals surface area contributed by atoms with Crippen LogP contribution < -0.4 is 10.6 Å². The molecule has 0 unspecified atom stereocenters. The van der Waals surface area contributed by atoms with E-state index in [1.807, 2.05) is 18.2 Å². The third-order valence-electron chi connectivity index (χ3n) is 2.93. The fraction of sp³-hybridized carbons (Fsp3) is 0.500. The van der Waals surface area contributed by atoms with Gasteiger partial charge in [0.05, 0.1) is 6.54 Å². The molecule has 1 aromatic carbocycles. The van der Waals surface area contributed by atoms with Crippen LogP contribution in [0.2, 0.25) is 0 Å². The second-order valence-electron chi connectivity index (χ2n) is 4.69. The van der Waals surface area contributed by atoms with Gasteiger partial charge in [-0.2, -0.15) is 0 Å². The first-order valence-corrected chi connectivity index (χ1v) is 7.22. The van der Waals surface area contributed by atoms with Gasteiger partial charge in [0.1, 0.15) is 0 Å². The second-order valence-corrected chi connectivity index (χ2v) is 5.60. The maximum atomic E-state index is 11.9. The first-order valence-electron chi connectivity index (χ1n) is 6.43. The number of amides is 1. The predicted molar refractivity (Wildman–Crippen MR) is 83.2 cm³/mol. The summed E-state index contributed by atoms with van der Waals surface area (Å²) in [6, 6.07) is 6.01. The van der Waals surface area contributed by atoms with Crippen molar-refractivity contribution in [2.75, 3.05) is 32.1 Å². The van der Waals surface area contributed by atoms with Gasteiger partial charge in [0.25, 0.3) is 0 Å². The van der Waals surface area contributed by atoms with Crippen molar-refractivity contribution in [3.8, 4) is 0 Å². The minimum Gasteiger partial charge on any atom is -0.362 e. The lowest BCUT2D eigenvalue weighted by atomic mass is 10.1. The third kappa shape index (κ3) is 4.51. The highest BCUT2D eigenvalue weighted by Gasteiger charge is 2.15. The number of benzene rings is 1. The Morgan fingerprint density at radius 2 is 2.05 bits per heavy atom. The van der Waals surface area contributed by atoms with Gasteiger partial charge in [-0.15, -0.1) is 0 Å². The fourth-order valence-electron chi connectivity index (χ4n) is 1.86. The maximum Gasteiger partial charge on any atom is 0.241 e. The summed E-state index contributed by atoms with van der Waals surface area (Å²) in [5, 5.41) is 0. The Bertz CT molecular complexity index is 435. The lowest BCUT2D eigenvalue weighted by Crippen LogP contribution is -2.37. The van der Waals surface area contributed by atoms with Crippen molar-refractivity contribution < 1.29 is 4.79 Å². The molecule has 0 aromatic heterocycles. The van der Waals surface area contributed by atoms with E-state index in [0.717, 1.165) is 28.7 Å². The number of hydrogen-bond donors (Lipinski definition) is 1. The van der Waals surface area contributed by atoms with Crippen molar-refractivity contribution in [2.24, 2.45) is 5.73 Å². The van der Waals surface area contributed by atoms with Gasteiger partial charge in [-0.05, 0) is 24.1 Å². The van der Waals surface area contributed by atoms with Gasteiger partial charge >= 0.3 is 0 Å². The molecular formula is C14H22BrN3O. The van der Waals surface area contributed by atoms with Crippen LogP contribution in [-0.2, 0) is 11.3 Å². The summed E-state index contributed by atoms with van der Waals surface area (Å²) < 4.78 is 0.998. The fourth-order valence-corrected chi connectivity index (χ4v) is 2.21. The highest BCUT2D eigenvalue weighted by Crippen LogP contribution is 2.25. The van der Waals surface area contributed by atoms with Gasteiger partial charge in [0.15, 0.2) is 0 Å². The smallest absolute Gasteiger partial charge is 0.241 e. The molecular weight excluding hydrogens is 306 g/mol. The lowest BCUT2D eigenvalue weighted by molar-refractivity contribution is -0.127. The zero-order valence-electron chi connectivity index (χ0n) is 11.8. The summed E-state index contributed by atoms with van der Waals surface area (Å²) in [4.78, 5) is 15.6. The molecule has 0 radical (unpaired) electrons. The summed E-state index contributed by atoms with van der Waals surface area (Å²) in [5.41, 5.74) is 7.88. The van der Waals surface area contributed by atoms with E-state index >= 15 is 0 Å². The molecule has 1 amide bonds. The van der Waals surface area contributed by atoms with E-state index in [-0.39, 0.29) is 5.91 Å². The molecule has 1 rings (SSSR count). The Balaban J connectivity index is 3.04. The van der Waals surface area contributed by atoms with Crippen LogP contribution in [0.4, 0.5) is 5.69 Å². The number of hydrogen-bond acceptors (Lipinski definition) is 3. The molecule has 0 aliphatic carbocycles. The van der Waals surface area contributed by atoms with E-state index in [4.69, 9.17) is 5.73 Å². The van der Waals surface area contributed by atoms with Crippen LogP contribution in [-0.4, -0.2) is 38.0 Å². The zero-order chi connectivity index (χ0) is 14.4. The first-order chi connectivity index (χ1) is 8.99. The molecule has 106 valence electrons. The van der Waals surface area contributed by atoms with Gasteiger partial charge < -0.3 is 15.5 Å². The van der Waals surface area contributed by atoms with E-state index in [1.54, 1.807) is 19.0 Å². The van der Waals surface area contributed by atoms with Crippen LogP contribution in [0, 0.1) is 0 Å². The van der Waals surface area contributed by atoms with Crippen LogP contribution in [0.5, 0.6) is 0 Å². The van der Waals surface area contributed by atoms with E-state index < -0.39 is 0 Å². The van der Waals surface area contributed by atoms with Crippen molar-refractivity contribution in [1.29, 1.82) is 0 Å². The first kappa shape index (κ1) is 16.0. The van der Waals surface area contributed by atoms with Gasteiger partial charge in [-0.1, -0.05) is 28.9 Å². The van der Waals surface area contributed by atoms with Crippen LogP contribution >= 0.6 is 15.9 Å². The number of rotatable bonds is 6. The van der Waals surface area contributed by atoms with Crippen molar-refractivity contribution in [2.45, 2.75) is 19.9 Å². The molecule has 19 heavy (non-hydrogen) atoms. The average Bonchev–Trinajstić information content (AvgIpc) is 2.37. The molecule has 5 heteroatoms. The van der Waals surface area contributed by atoms with Crippen LogP contribution in [0.3, 0.4) is 0 Å². The average molecular weight is 328 g/mol. The number of nitrogens with zero attached hydrogens (tertiary/aromatic N) is 2. The number of likely N-dealkylation sites (N-methyl/N-ethyl adjacent to an activating group) is 1. The quantitative estimate of drug-likeness (QED) is 0.871. The van der Waals surface area contributed by atoms with Gasteiger partial charge in [0.2, 0.25) is 5.91 Å². The molecule has 0 aliphatic rings. The Morgan fingerprint density at radius 1 is 1.37 bits per heavy atom. The second kappa shape index (κ2) is 7.50. The van der Waals surface area contributed by atoms with Crippen LogP contribution in [0.1, 0.15) is 18.9 Å². The van der Waals surface area contributed by atoms with E-state index in [0.29, 0.717) is 13.1 Å². The Hall–Kier alpha value is -1.07. The molecule has 4 nitrogen and oxygen atoms in total. The summed E-state index contributed by atoms with van der Waals surface area (Å²) in [6.45, 7) is 3.79. The summed E-state index contributed by atoms with van der Waals surface area (Å²) in [5.74, 6) is 0.0939. The molecule has 0 saturated carbocycles. The Kier molecular flexibility index (Phi) is 6.31. The normalized spacial score (nSPS) is 10.4. The summed E-state index contributed by atoms with van der Waals surface area (Å²) in [6.07, 6.45) is 0.983. The molecule has 1 aromatic rings. The third-order valence-corrected chi connectivity index (χ3v) is 3.42. The lowest BCUT2D eigenvalue weighted by Gasteiger charge is -2.27. The summed E-state index contributed by atoms with van der Waals surface area (Å²) >= 11 is 3.48. The zero-order valence-corrected chi connectivity index (χ0v) is 13.4. The van der Waals surface area contributed by atoms with Crippen molar-refractivity contribution in [3.63, 3.8) is 0 Å². The van der Waals surface area contributed by atoms with E-state index in [2.05, 4.69) is 27.8 Å². The number of halogens is 1. The van der Waals surface area contributed by atoms with Gasteiger partial charge in [-0.3, -0.25) is 4.79 Å². The molecule has 0 fully saturated rings. The van der Waals surface area contributed by atoms with Gasteiger partial charge in [-0.25, -0.2) is 0 Å². The highest BCUT2D eigenvalue weighted by molar-refractivity contribution is 9.10. The predicted octanol–water partition coefficient (Wildman–Crippen LogP) is 2.21. The summed E-state index contributed by atoms with van der Waals surface area (Å²) in [7, 11) is 3.55. The van der Waals surface area contributed by atoms with E-state index in [1.165, 1.54) is 0 Å². The number of anilines is 1. The molecule has 0 spiro atoms. The number of carbonyl (C=O) groups excluding carboxylic acids is 1. The highest BCUT2D eigenvalue weighted by atomic mass is 79.9.